The lowest BCUT2D eigenvalue weighted by Crippen LogP contribution is -2.39. The molecular formula is C11H13Cl2N3S. The lowest BCUT2D eigenvalue weighted by atomic mass is 10.3. The fourth-order valence-corrected chi connectivity index (χ4v) is 1.57. The molecule has 0 heterocycles. The molecule has 0 radical (unpaired) electrons. The van der Waals surface area contributed by atoms with Crippen molar-refractivity contribution in [2.45, 2.75) is 6.92 Å². The molecule has 0 atom stereocenters. The van der Waals surface area contributed by atoms with Gasteiger partial charge in [-0.2, -0.15) is 0 Å². The maximum absolute atomic E-state index is 5.98. The van der Waals surface area contributed by atoms with E-state index in [0.717, 1.165) is 5.57 Å². The average molecular weight is 290 g/mol. The smallest absolute Gasteiger partial charge is 0.185 e. The molecule has 3 N–H and O–H groups in total. The summed E-state index contributed by atoms with van der Waals surface area (Å²) in [4.78, 5) is 0. The van der Waals surface area contributed by atoms with Crippen LogP contribution in [0, 0.1) is 0 Å². The van der Waals surface area contributed by atoms with Gasteiger partial charge in [0.05, 0.1) is 10.7 Å². The Morgan fingerprint density at radius 3 is 2.71 bits per heavy atom. The molecule has 1 rings (SSSR count). The second-order valence-electron chi connectivity index (χ2n) is 3.51. The zero-order valence-corrected chi connectivity index (χ0v) is 11.6. The van der Waals surface area contributed by atoms with Crippen LogP contribution in [0.5, 0.6) is 0 Å². The predicted octanol–water partition coefficient (Wildman–Crippen LogP) is 3.36. The number of hydrazine groups is 1. The number of halogens is 2. The van der Waals surface area contributed by atoms with E-state index in [0.29, 0.717) is 27.4 Å². The number of hydrogen-bond donors (Lipinski definition) is 3. The highest BCUT2D eigenvalue weighted by Crippen LogP contribution is 2.24. The van der Waals surface area contributed by atoms with Gasteiger partial charge in [0.1, 0.15) is 0 Å². The number of anilines is 1. The lowest BCUT2D eigenvalue weighted by Gasteiger charge is -2.13. The Morgan fingerprint density at radius 1 is 1.41 bits per heavy atom. The molecule has 0 fully saturated rings. The van der Waals surface area contributed by atoms with Gasteiger partial charge >= 0.3 is 0 Å². The Balaban J connectivity index is 2.44. The molecule has 1 aromatic rings. The summed E-state index contributed by atoms with van der Waals surface area (Å²) in [7, 11) is 0. The van der Waals surface area contributed by atoms with E-state index < -0.39 is 0 Å². The van der Waals surface area contributed by atoms with Crippen LogP contribution in [0.1, 0.15) is 6.92 Å². The monoisotopic (exact) mass is 289 g/mol. The van der Waals surface area contributed by atoms with Crippen LogP contribution in [0.2, 0.25) is 10.0 Å². The molecule has 0 unspecified atom stereocenters. The van der Waals surface area contributed by atoms with Crippen molar-refractivity contribution >= 4 is 46.2 Å². The molecule has 0 aliphatic carbocycles. The summed E-state index contributed by atoms with van der Waals surface area (Å²) >= 11 is 16.8. The van der Waals surface area contributed by atoms with Crippen LogP contribution >= 0.6 is 35.4 Å². The fraction of sp³-hybridized carbons (Fsp3) is 0.182. The molecule has 17 heavy (non-hydrogen) atoms. The van der Waals surface area contributed by atoms with Gasteiger partial charge in [0.25, 0.3) is 0 Å². The summed E-state index contributed by atoms with van der Waals surface area (Å²) < 4.78 is 0. The highest BCUT2D eigenvalue weighted by atomic mass is 35.5. The molecule has 0 amide bonds. The molecule has 0 aliphatic rings. The molecule has 0 spiro atoms. The van der Waals surface area contributed by atoms with E-state index in [1.165, 1.54) is 0 Å². The highest BCUT2D eigenvalue weighted by Gasteiger charge is 2.01. The van der Waals surface area contributed by atoms with E-state index in [-0.39, 0.29) is 0 Å². The Kier molecular flexibility index (Phi) is 5.55. The van der Waals surface area contributed by atoms with E-state index in [1.54, 1.807) is 18.2 Å². The standard InChI is InChI=1S/C11H13Cl2N3S/c1-7(2)6-14-11(17)16-15-10-4-3-8(12)5-9(10)13/h3-5,15H,1,6H2,2H3,(H2,14,16,17). The summed E-state index contributed by atoms with van der Waals surface area (Å²) in [5.74, 6) is 0. The van der Waals surface area contributed by atoms with Crippen molar-refractivity contribution in [2.24, 2.45) is 0 Å². The SMILES string of the molecule is C=C(C)CNC(=S)NNc1ccc(Cl)cc1Cl. The minimum atomic E-state index is 0.471. The van der Waals surface area contributed by atoms with Crippen molar-refractivity contribution in [2.75, 3.05) is 12.0 Å². The van der Waals surface area contributed by atoms with Crippen LogP contribution in [0.4, 0.5) is 5.69 Å². The third-order valence-electron chi connectivity index (χ3n) is 1.79. The van der Waals surface area contributed by atoms with E-state index in [4.69, 9.17) is 35.4 Å². The molecule has 3 nitrogen and oxygen atoms in total. The Morgan fingerprint density at radius 2 is 2.12 bits per heavy atom. The molecule has 0 saturated heterocycles. The Hall–Kier alpha value is -0.970. The molecule has 0 aromatic heterocycles. The van der Waals surface area contributed by atoms with Gasteiger partial charge in [-0.25, -0.2) is 0 Å². The van der Waals surface area contributed by atoms with Gasteiger partial charge in [0, 0.05) is 11.6 Å². The van der Waals surface area contributed by atoms with E-state index in [1.807, 2.05) is 6.92 Å². The van der Waals surface area contributed by atoms with Crippen molar-refractivity contribution in [3.8, 4) is 0 Å². The topological polar surface area (TPSA) is 36.1 Å². The van der Waals surface area contributed by atoms with Gasteiger partial charge in [-0.15, -0.1) is 0 Å². The van der Waals surface area contributed by atoms with Gasteiger partial charge < -0.3 is 5.32 Å². The summed E-state index contributed by atoms with van der Waals surface area (Å²) in [6.45, 7) is 6.31. The fourth-order valence-electron chi connectivity index (χ4n) is 0.990. The summed E-state index contributed by atoms with van der Waals surface area (Å²) in [6, 6.07) is 5.15. The van der Waals surface area contributed by atoms with Gasteiger partial charge in [-0.3, -0.25) is 10.9 Å². The quantitative estimate of drug-likeness (QED) is 0.451. The first kappa shape index (κ1) is 14.1. The van der Waals surface area contributed by atoms with Crippen LogP contribution in [-0.2, 0) is 0 Å². The normalized spacial score (nSPS) is 9.59. The maximum Gasteiger partial charge on any atom is 0.185 e. The molecule has 0 bridgehead atoms. The van der Waals surface area contributed by atoms with Gasteiger partial charge in [-0.05, 0) is 37.3 Å². The minimum Gasteiger partial charge on any atom is -0.358 e. The molecule has 1 aromatic carbocycles. The zero-order valence-electron chi connectivity index (χ0n) is 9.31. The second kappa shape index (κ2) is 6.69. The van der Waals surface area contributed by atoms with Crippen molar-refractivity contribution in [3.63, 3.8) is 0 Å². The van der Waals surface area contributed by atoms with E-state index in [9.17, 15) is 0 Å². The van der Waals surface area contributed by atoms with Crippen molar-refractivity contribution in [1.29, 1.82) is 0 Å². The highest BCUT2D eigenvalue weighted by molar-refractivity contribution is 7.80. The second-order valence-corrected chi connectivity index (χ2v) is 4.77. The van der Waals surface area contributed by atoms with Crippen molar-refractivity contribution < 1.29 is 0 Å². The van der Waals surface area contributed by atoms with Crippen LogP contribution in [0.3, 0.4) is 0 Å². The third kappa shape index (κ3) is 5.26. The number of nitrogens with one attached hydrogen (secondary N) is 3. The van der Waals surface area contributed by atoms with E-state index in [2.05, 4.69) is 22.7 Å². The van der Waals surface area contributed by atoms with Gasteiger partial charge in [0.15, 0.2) is 5.11 Å². The maximum atomic E-state index is 5.98. The third-order valence-corrected chi connectivity index (χ3v) is 2.59. The first-order valence-corrected chi connectivity index (χ1v) is 6.04. The first-order valence-electron chi connectivity index (χ1n) is 4.88. The lowest BCUT2D eigenvalue weighted by molar-refractivity contribution is 0.944. The summed E-state index contributed by atoms with van der Waals surface area (Å²) in [5, 5.41) is 4.55. The number of benzene rings is 1. The summed E-state index contributed by atoms with van der Waals surface area (Å²) in [5.41, 5.74) is 7.41. The zero-order chi connectivity index (χ0) is 12.8. The van der Waals surface area contributed by atoms with E-state index >= 15 is 0 Å². The Labute approximate surface area is 116 Å². The molecule has 0 aliphatic heterocycles. The average Bonchev–Trinajstić information content (AvgIpc) is 2.25. The van der Waals surface area contributed by atoms with Crippen molar-refractivity contribution in [3.05, 3.63) is 40.4 Å². The van der Waals surface area contributed by atoms with Crippen LogP contribution in [0.15, 0.2) is 30.4 Å². The molecule has 92 valence electrons. The van der Waals surface area contributed by atoms with Crippen LogP contribution < -0.4 is 16.2 Å². The van der Waals surface area contributed by atoms with Crippen LogP contribution in [-0.4, -0.2) is 11.7 Å². The van der Waals surface area contributed by atoms with Gasteiger partial charge in [0.2, 0.25) is 0 Å². The largest absolute Gasteiger partial charge is 0.358 e. The predicted molar refractivity (Wildman–Crippen MR) is 78.6 cm³/mol. The number of hydrogen-bond acceptors (Lipinski definition) is 2. The van der Waals surface area contributed by atoms with Crippen LogP contribution in [0.25, 0.3) is 0 Å². The summed E-state index contributed by atoms with van der Waals surface area (Å²) in [6.07, 6.45) is 0. The molecule has 0 saturated carbocycles. The van der Waals surface area contributed by atoms with Gasteiger partial charge in [-0.1, -0.05) is 35.4 Å². The number of thiocarbonyl (C=S) groups is 1. The Bertz CT molecular complexity index is 435. The molecular weight excluding hydrogens is 277 g/mol. The van der Waals surface area contributed by atoms with Crippen molar-refractivity contribution in [1.82, 2.24) is 10.7 Å². The molecule has 6 heteroatoms. The first-order chi connectivity index (χ1) is 7.99. The number of rotatable bonds is 4. The minimum absolute atomic E-state index is 0.471.